The van der Waals surface area contributed by atoms with Gasteiger partial charge in [-0.3, -0.25) is 4.98 Å². The van der Waals surface area contributed by atoms with Crippen LogP contribution in [0.4, 0.5) is 5.82 Å². The lowest BCUT2D eigenvalue weighted by Crippen LogP contribution is -2.48. The van der Waals surface area contributed by atoms with Gasteiger partial charge in [0.2, 0.25) is 0 Å². The van der Waals surface area contributed by atoms with Crippen LogP contribution in [0.15, 0.2) is 47.4 Å². The Hall–Kier alpha value is -2.41. The molecule has 0 saturated heterocycles. The molecule has 0 atom stereocenters. The molecule has 0 amide bonds. The smallest absolute Gasteiger partial charge is 0.343 e. The Morgan fingerprint density at radius 3 is 2.43 bits per heavy atom. The van der Waals surface area contributed by atoms with Gasteiger partial charge < -0.3 is 4.84 Å². The van der Waals surface area contributed by atoms with Gasteiger partial charge in [0.05, 0.1) is 5.56 Å². The lowest BCUT2D eigenvalue weighted by Gasteiger charge is -2.32. The van der Waals surface area contributed by atoms with Crippen LogP contribution in [-0.2, 0) is 4.84 Å². The topological polar surface area (TPSA) is 75.3 Å². The van der Waals surface area contributed by atoms with Crippen molar-refractivity contribution in [3.8, 4) is 0 Å². The van der Waals surface area contributed by atoms with Crippen LogP contribution in [0.25, 0.3) is 0 Å². The van der Waals surface area contributed by atoms with E-state index in [9.17, 15) is 9.59 Å². The number of aromatic nitrogens is 2. The van der Waals surface area contributed by atoms with Gasteiger partial charge in [-0.1, -0.05) is 18.2 Å². The molecule has 0 bridgehead atoms. The number of carbonyl (C=O) groups is 1. The van der Waals surface area contributed by atoms with Crippen molar-refractivity contribution < 1.29 is 9.63 Å². The molecule has 2 aromatic rings. The molecule has 1 aromatic heterocycles. The van der Waals surface area contributed by atoms with E-state index < -0.39 is 19.9 Å². The number of nitrogens with zero attached hydrogens (tertiary/aromatic N) is 2. The Labute approximate surface area is 123 Å². The minimum Gasteiger partial charge on any atom is -0.343 e. The van der Waals surface area contributed by atoms with E-state index in [1.807, 2.05) is 25.7 Å². The monoisotopic (exact) mass is 303 g/mol. The number of rotatable bonds is 4. The maximum absolute atomic E-state index is 12.2. The van der Waals surface area contributed by atoms with Crippen LogP contribution < -0.4 is 10.4 Å². The van der Waals surface area contributed by atoms with Crippen LogP contribution in [0.3, 0.4) is 0 Å². The molecule has 0 radical (unpaired) electrons. The Balaban J connectivity index is 2.30. The van der Waals surface area contributed by atoms with Crippen molar-refractivity contribution in [1.29, 1.82) is 0 Å². The summed E-state index contributed by atoms with van der Waals surface area (Å²) >= 11 is 0. The molecule has 1 heterocycles. The first-order valence-corrected chi connectivity index (χ1v) is 9.95. The van der Waals surface area contributed by atoms with Gasteiger partial charge in [-0.2, -0.15) is 0 Å². The van der Waals surface area contributed by atoms with Gasteiger partial charge in [-0.15, -0.1) is 0 Å². The summed E-state index contributed by atoms with van der Waals surface area (Å²) in [5.41, 5.74) is -0.0244. The summed E-state index contributed by atoms with van der Waals surface area (Å²) in [5, 5.41) is 0. The third-order valence-corrected chi connectivity index (χ3v) is 4.22. The second kappa shape index (κ2) is 5.92. The Morgan fingerprint density at radius 1 is 1.19 bits per heavy atom. The van der Waals surface area contributed by atoms with E-state index in [1.165, 1.54) is 10.9 Å². The standard InChI is InChI=1S/C14H17N3O3Si/c1-21(2,3)17(12-9-10-15-14(19)16-12)20-13(18)11-7-5-4-6-8-11/h4-10H,1-3H3,(H,15,16,19). The number of hydrogen-bond donors (Lipinski definition) is 1. The van der Waals surface area contributed by atoms with E-state index in [1.54, 1.807) is 30.3 Å². The van der Waals surface area contributed by atoms with Crippen molar-refractivity contribution >= 4 is 20.0 Å². The van der Waals surface area contributed by atoms with Crippen molar-refractivity contribution in [3.63, 3.8) is 0 Å². The summed E-state index contributed by atoms with van der Waals surface area (Å²) in [6, 6.07) is 10.3. The van der Waals surface area contributed by atoms with Crippen molar-refractivity contribution in [2.45, 2.75) is 19.6 Å². The third kappa shape index (κ3) is 3.79. The second-order valence-corrected chi connectivity index (χ2v) is 10.2. The highest BCUT2D eigenvalue weighted by Crippen LogP contribution is 2.19. The van der Waals surface area contributed by atoms with Gasteiger partial charge in [-0.25, -0.2) is 19.3 Å². The number of carbonyl (C=O) groups excluding carboxylic acids is 1. The molecule has 0 aliphatic rings. The quantitative estimate of drug-likeness (QED) is 0.692. The van der Waals surface area contributed by atoms with Crippen LogP contribution in [0, 0.1) is 0 Å². The molecular formula is C14H17N3O3Si. The molecule has 7 heteroatoms. The molecule has 21 heavy (non-hydrogen) atoms. The van der Waals surface area contributed by atoms with Crippen molar-refractivity contribution in [2.75, 3.05) is 4.73 Å². The average Bonchev–Trinajstić information content (AvgIpc) is 2.44. The summed E-state index contributed by atoms with van der Waals surface area (Å²) < 4.78 is 1.51. The van der Waals surface area contributed by atoms with Crippen molar-refractivity contribution in [3.05, 3.63) is 58.6 Å². The van der Waals surface area contributed by atoms with Gasteiger partial charge >= 0.3 is 11.7 Å². The highest BCUT2D eigenvalue weighted by molar-refractivity contribution is 6.79. The van der Waals surface area contributed by atoms with Crippen LogP contribution in [0.5, 0.6) is 0 Å². The molecule has 0 fully saturated rings. The van der Waals surface area contributed by atoms with Crippen LogP contribution in [0.1, 0.15) is 10.4 Å². The number of aromatic amines is 1. The molecule has 110 valence electrons. The first-order valence-electron chi connectivity index (χ1n) is 6.51. The maximum atomic E-state index is 12.2. The lowest BCUT2D eigenvalue weighted by atomic mass is 10.2. The highest BCUT2D eigenvalue weighted by Gasteiger charge is 2.30. The fourth-order valence-corrected chi connectivity index (χ4v) is 2.94. The third-order valence-electron chi connectivity index (χ3n) is 2.67. The predicted molar refractivity (Wildman–Crippen MR) is 82.5 cm³/mol. The molecule has 0 saturated carbocycles. The Morgan fingerprint density at radius 2 is 1.86 bits per heavy atom. The zero-order valence-electron chi connectivity index (χ0n) is 12.2. The summed E-state index contributed by atoms with van der Waals surface area (Å²) in [4.78, 5) is 35.2. The van der Waals surface area contributed by atoms with E-state index in [2.05, 4.69) is 9.97 Å². The molecule has 0 unspecified atom stereocenters. The van der Waals surface area contributed by atoms with E-state index in [0.29, 0.717) is 11.4 Å². The fraction of sp³-hybridized carbons (Fsp3) is 0.214. The minimum atomic E-state index is -2.05. The number of benzene rings is 1. The van der Waals surface area contributed by atoms with E-state index in [4.69, 9.17) is 4.84 Å². The van der Waals surface area contributed by atoms with E-state index in [0.717, 1.165) is 0 Å². The zero-order chi connectivity index (χ0) is 15.5. The SMILES string of the molecule is C[Si](C)(C)N(OC(=O)c1ccccc1)c1ccnc(=O)[nH]1. The number of H-pyrrole nitrogens is 1. The average molecular weight is 303 g/mol. The number of anilines is 1. The molecule has 1 aromatic carbocycles. The van der Waals surface area contributed by atoms with Crippen LogP contribution >= 0.6 is 0 Å². The van der Waals surface area contributed by atoms with Gasteiger partial charge in [0.25, 0.3) is 0 Å². The fourth-order valence-electron chi connectivity index (χ4n) is 1.73. The lowest BCUT2D eigenvalue weighted by molar-refractivity contribution is 0.0516. The van der Waals surface area contributed by atoms with Gasteiger partial charge in [0.15, 0.2) is 8.24 Å². The summed E-state index contributed by atoms with van der Waals surface area (Å²) in [6.07, 6.45) is 1.39. The van der Waals surface area contributed by atoms with Crippen LogP contribution in [-0.4, -0.2) is 24.2 Å². The minimum absolute atomic E-state index is 0.429. The number of nitrogens with one attached hydrogen (secondary N) is 1. The first kappa shape index (κ1) is 15.0. The molecular weight excluding hydrogens is 286 g/mol. The van der Waals surface area contributed by atoms with Gasteiger partial charge in [0, 0.05) is 6.20 Å². The van der Waals surface area contributed by atoms with E-state index >= 15 is 0 Å². The van der Waals surface area contributed by atoms with Gasteiger partial charge in [0.1, 0.15) is 5.82 Å². The maximum Gasteiger partial charge on any atom is 0.362 e. The van der Waals surface area contributed by atoms with Crippen molar-refractivity contribution in [2.24, 2.45) is 0 Å². The predicted octanol–water partition coefficient (Wildman–Crippen LogP) is 2.18. The summed E-state index contributed by atoms with van der Waals surface area (Å²) in [5.74, 6) is -0.0332. The molecule has 0 aliphatic heterocycles. The molecule has 0 spiro atoms. The zero-order valence-corrected chi connectivity index (χ0v) is 13.2. The Bertz CT molecular complexity index is 680. The second-order valence-electron chi connectivity index (χ2n) is 5.47. The van der Waals surface area contributed by atoms with Crippen LogP contribution in [0.2, 0.25) is 19.6 Å². The first-order chi connectivity index (χ1) is 9.88. The molecule has 2 rings (SSSR count). The van der Waals surface area contributed by atoms with Crippen molar-refractivity contribution in [1.82, 2.24) is 9.97 Å². The largest absolute Gasteiger partial charge is 0.362 e. The molecule has 1 N–H and O–H groups in total. The summed E-state index contributed by atoms with van der Waals surface area (Å²) in [6.45, 7) is 6.01. The highest BCUT2D eigenvalue weighted by atomic mass is 28.3. The normalized spacial score (nSPS) is 11.0. The number of hydrogen-bond acceptors (Lipinski definition) is 5. The van der Waals surface area contributed by atoms with Gasteiger partial charge in [-0.05, 0) is 37.8 Å². The molecule has 0 aliphatic carbocycles. The van der Waals surface area contributed by atoms with E-state index in [-0.39, 0.29) is 0 Å². The summed E-state index contributed by atoms with van der Waals surface area (Å²) in [7, 11) is -2.05. The Kier molecular flexibility index (Phi) is 4.22. The molecule has 6 nitrogen and oxygen atoms in total.